The van der Waals surface area contributed by atoms with Crippen LogP contribution in [0.25, 0.3) is 0 Å². The van der Waals surface area contributed by atoms with Crippen molar-refractivity contribution >= 4 is 11.9 Å². The highest BCUT2D eigenvalue weighted by Crippen LogP contribution is 2.24. The molecular formula is C19H27NO4. The summed E-state index contributed by atoms with van der Waals surface area (Å²) in [4.78, 5) is 23.2. The van der Waals surface area contributed by atoms with Crippen LogP contribution in [0.2, 0.25) is 0 Å². The molecule has 132 valence electrons. The van der Waals surface area contributed by atoms with Gasteiger partial charge in [-0.2, -0.15) is 0 Å². The molecule has 1 atom stereocenters. The molecule has 1 aromatic rings. The zero-order valence-electron chi connectivity index (χ0n) is 14.4. The summed E-state index contributed by atoms with van der Waals surface area (Å²) in [5.74, 6) is 1.35. The van der Waals surface area contributed by atoms with Gasteiger partial charge in [-0.25, -0.2) is 4.79 Å². The smallest absolute Gasteiger partial charge is 0.407 e. The Morgan fingerprint density at radius 2 is 2.00 bits per heavy atom. The van der Waals surface area contributed by atoms with Crippen molar-refractivity contribution in [1.29, 1.82) is 0 Å². The van der Waals surface area contributed by atoms with Crippen molar-refractivity contribution < 1.29 is 19.1 Å². The Kier molecular flexibility index (Phi) is 7.59. The molecular weight excluding hydrogens is 306 g/mol. The standard InChI is InChI=1S/C19H27NO4/c1-2-23-19(22)20-12-13-24-17-10-8-15(9-11-17)14-16-6-4-3-5-7-18(16)21/h8-11,16H,2-7,12-14H2,1H3,(H,20,22). The van der Waals surface area contributed by atoms with Crippen molar-refractivity contribution in [3.8, 4) is 5.75 Å². The first-order valence-electron chi connectivity index (χ1n) is 8.84. The summed E-state index contributed by atoms with van der Waals surface area (Å²) in [5.41, 5.74) is 1.17. The topological polar surface area (TPSA) is 64.6 Å². The minimum atomic E-state index is -0.426. The number of ketones is 1. The molecule has 1 N–H and O–H groups in total. The van der Waals surface area contributed by atoms with E-state index >= 15 is 0 Å². The Morgan fingerprint density at radius 3 is 2.75 bits per heavy atom. The minimum absolute atomic E-state index is 0.174. The number of carbonyl (C=O) groups is 2. The quantitative estimate of drug-likeness (QED) is 0.613. The molecule has 1 saturated carbocycles. The van der Waals surface area contributed by atoms with E-state index in [1.807, 2.05) is 24.3 Å². The van der Waals surface area contributed by atoms with Gasteiger partial charge in [0.2, 0.25) is 0 Å². The van der Waals surface area contributed by atoms with Gasteiger partial charge in [0.15, 0.2) is 0 Å². The fraction of sp³-hybridized carbons (Fsp3) is 0.579. The Balaban J connectivity index is 1.74. The van der Waals surface area contributed by atoms with Crippen LogP contribution < -0.4 is 10.1 Å². The van der Waals surface area contributed by atoms with Gasteiger partial charge in [0.1, 0.15) is 18.1 Å². The third-order valence-corrected chi connectivity index (χ3v) is 4.25. The number of alkyl carbamates (subject to hydrolysis) is 1. The van der Waals surface area contributed by atoms with Crippen LogP contribution >= 0.6 is 0 Å². The maximum absolute atomic E-state index is 12.1. The highest BCUT2D eigenvalue weighted by Gasteiger charge is 2.20. The molecule has 1 aromatic carbocycles. The Bertz CT molecular complexity index is 527. The number of nitrogens with one attached hydrogen (secondary N) is 1. The molecule has 0 spiro atoms. The number of carbonyl (C=O) groups excluding carboxylic acids is 2. The lowest BCUT2D eigenvalue weighted by Gasteiger charge is -2.13. The Hall–Kier alpha value is -2.04. The maximum Gasteiger partial charge on any atom is 0.407 e. The zero-order chi connectivity index (χ0) is 17.2. The summed E-state index contributed by atoms with van der Waals surface area (Å²) >= 11 is 0. The van der Waals surface area contributed by atoms with Crippen LogP contribution in [-0.2, 0) is 16.0 Å². The second-order valence-corrected chi connectivity index (χ2v) is 6.11. The molecule has 1 aliphatic carbocycles. The molecule has 1 aliphatic rings. The predicted octanol–water partition coefficient (Wildman–Crippen LogP) is 3.50. The number of rotatable bonds is 7. The lowest BCUT2D eigenvalue weighted by molar-refractivity contribution is -0.122. The van der Waals surface area contributed by atoms with Gasteiger partial charge < -0.3 is 14.8 Å². The van der Waals surface area contributed by atoms with Crippen LogP contribution in [0.15, 0.2) is 24.3 Å². The van der Waals surface area contributed by atoms with Crippen molar-refractivity contribution in [2.24, 2.45) is 5.92 Å². The fourth-order valence-corrected chi connectivity index (χ4v) is 2.96. The lowest BCUT2D eigenvalue weighted by atomic mass is 9.91. The average molecular weight is 333 g/mol. The summed E-state index contributed by atoms with van der Waals surface area (Å²) < 4.78 is 10.3. The van der Waals surface area contributed by atoms with Crippen molar-refractivity contribution in [1.82, 2.24) is 5.32 Å². The van der Waals surface area contributed by atoms with Gasteiger partial charge in [-0.1, -0.05) is 25.0 Å². The summed E-state index contributed by atoms with van der Waals surface area (Å²) in [6.07, 6.45) is 5.52. The number of amides is 1. The van der Waals surface area contributed by atoms with E-state index in [2.05, 4.69) is 5.32 Å². The first-order chi connectivity index (χ1) is 11.7. The van der Waals surface area contributed by atoms with Crippen molar-refractivity contribution in [2.45, 2.75) is 45.4 Å². The number of Topliss-reactive ketones (excluding diaryl/α,β-unsaturated/α-hetero) is 1. The van der Waals surface area contributed by atoms with E-state index in [1.54, 1.807) is 6.92 Å². The lowest BCUT2D eigenvalue weighted by Crippen LogP contribution is -2.28. The van der Waals surface area contributed by atoms with Crippen LogP contribution in [0.1, 0.15) is 44.6 Å². The fourth-order valence-electron chi connectivity index (χ4n) is 2.96. The number of benzene rings is 1. The molecule has 1 unspecified atom stereocenters. The Labute approximate surface area is 143 Å². The van der Waals surface area contributed by atoms with Crippen molar-refractivity contribution in [2.75, 3.05) is 19.8 Å². The molecule has 0 bridgehead atoms. The van der Waals surface area contributed by atoms with Crippen LogP contribution in [0, 0.1) is 5.92 Å². The first kappa shape index (κ1) is 18.3. The van der Waals surface area contributed by atoms with E-state index in [0.717, 1.165) is 37.9 Å². The molecule has 1 amide bonds. The van der Waals surface area contributed by atoms with E-state index in [-0.39, 0.29) is 5.92 Å². The molecule has 0 saturated heterocycles. The molecule has 1 fully saturated rings. The van der Waals surface area contributed by atoms with E-state index in [9.17, 15) is 9.59 Å². The molecule has 2 rings (SSSR count). The molecule has 0 aromatic heterocycles. The van der Waals surface area contributed by atoms with Crippen LogP contribution in [0.4, 0.5) is 4.79 Å². The van der Waals surface area contributed by atoms with Crippen molar-refractivity contribution in [3.63, 3.8) is 0 Å². The van der Waals surface area contributed by atoms with E-state index in [4.69, 9.17) is 9.47 Å². The Morgan fingerprint density at radius 1 is 1.21 bits per heavy atom. The van der Waals surface area contributed by atoms with Crippen molar-refractivity contribution in [3.05, 3.63) is 29.8 Å². The highest BCUT2D eigenvalue weighted by molar-refractivity contribution is 5.81. The van der Waals surface area contributed by atoms with E-state index in [0.29, 0.717) is 25.5 Å². The highest BCUT2D eigenvalue weighted by atomic mass is 16.5. The van der Waals surface area contributed by atoms with Gasteiger partial charge >= 0.3 is 6.09 Å². The minimum Gasteiger partial charge on any atom is -0.492 e. The molecule has 0 aliphatic heterocycles. The maximum atomic E-state index is 12.1. The number of hydrogen-bond acceptors (Lipinski definition) is 4. The summed E-state index contributed by atoms with van der Waals surface area (Å²) in [6.45, 7) is 2.91. The zero-order valence-corrected chi connectivity index (χ0v) is 14.4. The third-order valence-electron chi connectivity index (χ3n) is 4.25. The molecule has 5 heteroatoms. The second-order valence-electron chi connectivity index (χ2n) is 6.11. The van der Waals surface area contributed by atoms with Gasteiger partial charge in [-0.05, 0) is 43.9 Å². The average Bonchev–Trinajstić information content (AvgIpc) is 2.78. The van der Waals surface area contributed by atoms with E-state index in [1.165, 1.54) is 12.0 Å². The summed E-state index contributed by atoms with van der Waals surface area (Å²) in [6, 6.07) is 7.88. The normalized spacial score (nSPS) is 17.9. The largest absolute Gasteiger partial charge is 0.492 e. The van der Waals surface area contributed by atoms with Gasteiger partial charge in [0.05, 0.1) is 13.2 Å². The molecule has 24 heavy (non-hydrogen) atoms. The van der Waals surface area contributed by atoms with Gasteiger partial charge in [-0.3, -0.25) is 4.79 Å². The van der Waals surface area contributed by atoms with Crippen LogP contribution in [0.5, 0.6) is 5.75 Å². The van der Waals surface area contributed by atoms with Gasteiger partial charge in [0, 0.05) is 12.3 Å². The molecule has 5 nitrogen and oxygen atoms in total. The number of hydrogen-bond donors (Lipinski definition) is 1. The second kappa shape index (κ2) is 9.96. The summed E-state index contributed by atoms with van der Waals surface area (Å²) in [7, 11) is 0. The number of ether oxygens (including phenoxy) is 2. The predicted molar refractivity (Wildman–Crippen MR) is 92.2 cm³/mol. The summed E-state index contributed by atoms with van der Waals surface area (Å²) in [5, 5.41) is 2.61. The van der Waals surface area contributed by atoms with Gasteiger partial charge in [-0.15, -0.1) is 0 Å². The van der Waals surface area contributed by atoms with Crippen LogP contribution in [-0.4, -0.2) is 31.6 Å². The van der Waals surface area contributed by atoms with E-state index < -0.39 is 6.09 Å². The third kappa shape index (κ3) is 6.22. The first-order valence-corrected chi connectivity index (χ1v) is 8.84. The van der Waals surface area contributed by atoms with Gasteiger partial charge in [0.25, 0.3) is 0 Å². The van der Waals surface area contributed by atoms with Crippen LogP contribution in [0.3, 0.4) is 0 Å². The molecule has 0 heterocycles. The monoisotopic (exact) mass is 333 g/mol. The molecule has 0 radical (unpaired) electrons. The SMILES string of the molecule is CCOC(=O)NCCOc1ccc(CC2CCCCCC2=O)cc1.